The third-order valence-electron chi connectivity index (χ3n) is 0.167. The van der Waals surface area contributed by atoms with Crippen LogP contribution < -0.4 is 11.5 Å². The standard InChI is InChI=1S/C2H8N2.H4O4Si/c3-1-2-4;1-5(2,3)4/h1-4H2;1-4H. The first-order chi connectivity index (χ1) is 3.91. The lowest BCUT2D eigenvalue weighted by atomic mass is 10.7. The van der Waals surface area contributed by atoms with Crippen LogP contribution in [0.3, 0.4) is 0 Å². The van der Waals surface area contributed by atoms with Gasteiger partial charge in [0.2, 0.25) is 0 Å². The van der Waals surface area contributed by atoms with E-state index in [0.29, 0.717) is 13.1 Å². The van der Waals surface area contributed by atoms with Crippen LogP contribution >= 0.6 is 0 Å². The second kappa shape index (κ2) is 6.10. The molecule has 6 nitrogen and oxygen atoms in total. The summed E-state index contributed by atoms with van der Waals surface area (Å²) in [5, 5.41) is 0. The maximum atomic E-state index is 7.33. The molecule has 0 aliphatic rings. The summed E-state index contributed by atoms with van der Waals surface area (Å²) in [4.78, 5) is 29.3. The van der Waals surface area contributed by atoms with Gasteiger partial charge in [-0.25, -0.2) is 0 Å². The largest absolute Gasteiger partial charge is 0.668 e. The minimum atomic E-state index is -4.61. The van der Waals surface area contributed by atoms with Gasteiger partial charge >= 0.3 is 9.05 Å². The van der Waals surface area contributed by atoms with E-state index in [-0.39, 0.29) is 0 Å². The van der Waals surface area contributed by atoms with Crippen molar-refractivity contribution in [2.24, 2.45) is 11.5 Å². The first kappa shape index (κ1) is 11.7. The Morgan fingerprint density at radius 2 is 1.00 bits per heavy atom. The van der Waals surface area contributed by atoms with Crippen LogP contribution in [-0.4, -0.2) is 41.3 Å². The van der Waals surface area contributed by atoms with Crippen LogP contribution in [0.5, 0.6) is 0 Å². The molecule has 0 fully saturated rings. The fourth-order valence-corrected chi connectivity index (χ4v) is 0. The first-order valence-corrected chi connectivity index (χ1v) is 4.00. The second-order valence-electron chi connectivity index (χ2n) is 1.18. The molecule has 0 saturated carbocycles. The summed E-state index contributed by atoms with van der Waals surface area (Å²) in [5.74, 6) is 0. The predicted molar refractivity (Wildman–Crippen MR) is 32.7 cm³/mol. The van der Waals surface area contributed by atoms with E-state index in [1.54, 1.807) is 0 Å². The summed E-state index contributed by atoms with van der Waals surface area (Å²) in [6.45, 7) is 1.19. The molecule has 0 unspecified atom stereocenters. The van der Waals surface area contributed by atoms with E-state index >= 15 is 0 Å². The number of hydrogen-bond donors (Lipinski definition) is 6. The zero-order valence-corrected chi connectivity index (χ0v) is 5.86. The molecule has 0 aromatic heterocycles. The van der Waals surface area contributed by atoms with E-state index in [4.69, 9.17) is 30.7 Å². The van der Waals surface area contributed by atoms with Gasteiger partial charge in [0.1, 0.15) is 0 Å². The maximum absolute atomic E-state index is 7.33. The highest BCUT2D eigenvalue weighted by Gasteiger charge is 2.22. The van der Waals surface area contributed by atoms with Gasteiger partial charge < -0.3 is 30.7 Å². The average molecular weight is 156 g/mol. The van der Waals surface area contributed by atoms with Gasteiger partial charge in [0.15, 0.2) is 0 Å². The van der Waals surface area contributed by atoms with Crippen LogP contribution in [0, 0.1) is 0 Å². The van der Waals surface area contributed by atoms with Gasteiger partial charge in [-0.05, 0) is 0 Å². The van der Waals surface area contributed by atoms with E-state index < -0.39 is 9.05 Å². The third-order valence-corrected chi connectivity index (χ3v) is 0.167. The van der Waals surface area contributed by atoms with Gasteiger partial charge in [0, 0.05) is 13.1 Å². The van der Waals surface area contributed by atoms with Crippen LogP contribution in [0.2, 0.25) is 0 Å². The molecule has 0 radical (unpaired) electrons. The van der Waals surface area contributed by atoms with Crippen LogP contribution in [-0.2, 0) is 0 Å². The van der Waals surface area contributed by atoms with Gasteiger partial charge in [-0.3, -0.25) is 0 Å². The zero-order valence-electron chi connectivity index (χ0n) is 4.86. The summed E-state index contributed by atoms with van der Waals surface area (Å²) in [6, 6.07) is 0. The molecule has 0 aromatic carbocycles. The molecule has 8 N–H and O–H groups in total. The molecule has 0 atom stereocenters. The number of hydrogen-bond acceptors (Lipinski definition) is 6. The lowest BCUT2D eigenvalue weighted by Crippen LogP contribution is -2.33. The van der Waals surface area contributed by atoms with Crippen molar-refractivity contribution < 1.29 is 19.2 Å². The topological polar surface area (TPSA) is 133 Å². The Hall–Kier alpha value is -0.0231. The normalized spacial score (nSPS) is 10.0. The highest BCUT2D eigenvalue weighted by molar-refractivity contribution is 6.46. The Morgan fingerprint density at radius 1 is 0.889 bits per heavy atom. The van der Waals surface area contributed by atoms with Crippen molar-refractivity contribution in [1.82, 2.24) is 0 Å². The van der Waals surface area contributed by atoms with Crippen molar-refractivity contribution in [1.29, 1.82) is 0 Å². The highest BCUT2D eigenvalue weighted by Crippen LogP contribution is 1.67. The smallest absolute Gasteiger partial charge is 0.368 e. The van der Waals surface area contributed by atoms with Crippen molar-refractivity contribution in [3.05, 3.63) is 0 Å². The molecule has 7 heteroatoms. The Balaban J connectivity index is 0. The highest BCUT2D eigenvalue weighted by atomic mass is 28.4. The molecule has 9 heavy (non-hydrogen) atoms. The van der Waals surface area contributed by atoms with Crippen LogP contribution in [0.4, 0.5) is 0 Å². The lowest BCUT2D eigenvalue weighted by molar-refractivity contribution is 0.117. The summed E-state index contributed by atoms with van der Waals surface area (Å²) in [5.41, 5.74) is 9.81. The van der Waals surface area contributed by atoms with Gasteiger partial charge in [-0.15, -0.1) is 0 Å². The minimum absolute atomic E-state index is 0.597. The first-order valence-electron chi connectivity index (χ1n) is 2.21. The van der Waals surface area contributed by atoms with Gasteiger partial charge in [-0.1, -0.05) is 0 Å². The quantitative estimate of drug-likeness (QED) is 0.216. The maximum Gasteiger partial charge on any atom is 0.668 e. The molecule has 0 aliphatic carbocycles. The number of nitrogens with two attached hydrogens (primary N) is 2. The van der Waals surface area contributed by atoms with Crippen molar-refractivity contribution in [3.8, 4) is 0 Å². The van der Waals surface area contributed by atoms with Crippen molar-refractivity contribution in [2.45, 2.75) is 0 Å². The molecular weight excluding hydrogens is 144 g/mol. The van der Waals surface area contributed by atoms with E-state index in [1.807, 2.05) is 0 Å². The second-order valence-corrected chi connectivity index (χ2v) is 2.38. The summed E-state index contributed by atoms with van der Waals surface area (Å²) in [7, 11) is -4.61. The Labute approximate surface area is 53.8 Å². The molecule has 0 spiro atoms. The molecule has 0 amide bonds. The van der Waals surface area contributed by atoms with E-state index in [1.165, 1.54) is 0 Å². The van der Waals surface area contributed by atoms with Crippen LogP contribution in [0.25, 0.3) is 0 Å². The molecule has 0 rings (SSSR count). The average Bonchev–Trinajstić information content (AvgIpc) is 1.61. The Morgan fingerprint density at radius 3 is 1.00 bits per heavy atom. The lowest BCUT2D eigenvalue weighted by Gasteiger charge is -1.91. The minimum Gasteiger partial charge on any atom is -0.368 e. The van der Waals surface area contributed by atoms with Crippen LogP contribution in [0.1, 0.15) is 0 Å². The molecule has 0 aromatic rings. The van der Waals surface area contributed by atoms with Crippen molar-refractivity contribution in [3.63, 3.8) is 0 Å². The molecule has 0 bridgehead atoms. The Bertz CT molecular complexity index is 47.0. The monoisotopic (exact) mass is 156 g/mol. The zero-order chi connectivity index (χ0) is 7.91. The van der Waals surface area contributed by atoms with Gasteiger partial charge in [0.25, 0.3) is 0 Å². The Kier molecular flexibility index (Phi) is 7.96. The molecule has 0 saturated heterocycles. The molecule has 58 valence electrons. The summed E-state index contributed by atoms with van der Waals surface area (Å²) >= 11 is 0. The summed E-state index contributed by atoms with van der Waals surface area (Å²) < 4.78 is 0. The third kappa shape index (κ3) is 299. The SMILES string of the molecule is NCCN.O[Si](O)(O)O. The molecular formula is C2H12N2O4Si. The van der Waals surface area contributed by atoms with Gasteiger partial charge in [0.05, 0.1) is 0 Å². The molecule has 0 heterocycles. The fourth-order valence-electron chi connectivity index (χ4n) is 0. The predicted octanol–water partition coefficient (Wildman–Crippen LogP) is -3.70. The van der Waals surface area contributed by atoms with Crippen LogP contribution in [0.15, 0.2) is 0 Å². The van der Waals surface area contributed by atoms with E-state index in [0.717, 1.165) is 0 Å². The number of rotatable bonds is 1. The fraction of sp³-hybridized carbons (Fsp3) is 1.00. The van der Waals surface area contributed by atoms with Gasteiger partial charge in [-0.2, -0.15) is 0 Å². The summed E-state index contributed by atoms with van der Waals surface area (Å²) in [6.07, 6.45) is 0. The molecule has 0 aliphatic heterocycles. The van der Waals surface area contributed by atoms with Crippen molar-refractivity contribution in [2.75, 3.05) is 13.1 Å². The van der Waals surface area contributed by atoms with Crippen molar-refractivity contribution >= 4 is 9.05 Å². The van der Waals surface area contributed by atoms with E-state index in [9.17, 15) is 0 Å². The van der Waals surface area contributed by atoms with E-state index in [2.05, 4.69) is 0 Å².